The Kier molecular flexibility index (Phi) is 15.2. The molecule has 1 aliphatic rings. The average Bonchev–Trinajstić information content (AvgIpc) is 3.32. The maximum atomic E-state index is 12.5. The van der Waals surface area contributed by atoms with Gasteiger partial charge in [0.05, 0.1) is 12.2 Å². The second-order valence-electron chi connectivity index (χ2n) is 10.4. The van der Waals surface area contributed by atoms with Crippen LogP contribution in [0.4, 0.5) is 11.4 Å². The Morgan fingerprint density at radius 1 is 0.981 bits per heavy atom. The molecule has 1 aromatic carbocycles. The Bertz CT molecular complexity index is 1930. The Morgan fingerprint density at radius 3 is 2.27 bits per heavy atom. The van der Waals surface area contributed by atoms with Crippen LogP contribution >= 0.6 is 23.5 Å². The van der Waals surface area contributed by atoms with Crippen molar-refractivity contribution in [3.63, 3.8) is 0 Å². The van der Waals surface area contributed by atoms with Crippen LogP contribution in [0.15, 0.2) is 51.2 Å². The number of aromatic amines is 1. The van der Waals surface area contributed by atoms with Crippen LogP contribution in [0.5, 0.6) is 0 Å². The number of aromatic nitrogens is 2. The van der Waals surface area contributed by atoms with Gasteiger partial charge in [0.2, 0.25) is 11.8 Å². The van der Waals surface area contributed by atoms with Crippen molar-refractivity contribution in [2.45, 2.75) is 37.4 Å². The maximum Gasteiger partial charge on any atom is 0.490 e. The van der Waals surface area contributed by atoms with Crippen molar-refractivity contribution in [3.05, 3.63) is 73.4 Å². The molecule has 2 heterocycles. The number of rotatable bonds is 19. The van der Waals surface area contributed by atoms with Gasteiger partial charge in [-0.2, -0.15) is 8.62 Å². The second-order valence-corrected chi connectivity index (χ2v) is 14.8. The van der Waals surface area contributed by atoms with Gasteiger partial charge in [0.1, 0.15) is 18.3 Å². The monoisotopic (exact) mass is 798 g/mol. The van der Waals surface area contributed by atoms with Gasteiger partial charge in [0.25, 0.3) is 5.56 Å². The van der Waals surface area contributed by atoms with E-state index in [1.165, 1.54) is 12.2 Å². The molecule has 2 amide bonds. The van der Waals surface area contributed by atoms with Crippen molar-refractivity contribution in [3.8, 4) is 0 Å². The molecule has 1 fully saturated rings. The van der Waals surface area contributed by atoms with Gasteiger partial charge in [-0.3, -0.25) is 28.5 Å². The Balaban J connectivity index is 1.47. The zero-order valence-electron chi connectivity index (χ0n) is 26.4. The summed E-state index contributed by atoms with van der Waals surface area (Å²) in [6.45, 7) is -0.592. The minimum absolute atomic E-state index is 0.106. The first kappa shape index (κ1) is 42.4. The quantitative estimate of drug-likeness (QED) is 0.0283. The molecule has 2 unspecified atom stereocenters. The number of azide groups is 1. The van der Waals surface area contributed by atoms with E-state index in [4.69, 9.17) is 20.1 Å². The van der Waals surface area contributed by atoms with E-state index >= 15 is 0 Å². The summed E-state index contributed by atoms with van der Waals surface area (Å²) in [4.78, 5) is 89.7. The number of aliphatic hydroxyl groups excluding tert-OH is 2. The molecule has 28 heteroatoms. The third-order valence-electron chi connectivity index (χ3n) is 6.52. The van der Waals surface area contributed by atoms with Gasteiger partial charge in [-0.15, -0.1) is 0 Å². The lowest BCUT2D eigenvalue weighted by molar-refractivity contribution is -0.126. The fourth-order valence-corrected chi connectivity index (χ4v) is 7.28. The molecule has 0 saturated carbocycles. The number of hydrogen-bond acceptors (Lipinski definition) is 15. The van der Waals surface area contributed by atoms with Crippen LogP contribution in [-0.2, 0) is 41.2 Å². The molecule has 0 radical (unpaired) electrons. The molecule has 0 spiro atoms. The summed E-state index contributed by atoms with van der Waals surface area (Å²) < 4.78 is 51.8. The maximum absolute atomic E-state index is 12.5. The van der Waals surface area contributed by atoms with Gasteiger partial charge in [-0.1, -0.05) is 29.4 Å². The van der Waals surface area contributed by atoms with Crippen molar-refractivity contribution >= 4 is 52.7 Å². The second kappa shape index (κ2) is 18.6. The highest BCUT2D eigenvalue weighted by atomic mass is 31.3. The third kappa shape index (κ3) is 13.8. The van der Waals surface area contributed by atoms with E-state index in [9.17, 15) is 52.9 Å². The average molecular weight is 798 g/mol. The molecule has 52 heavy (non-hydrogen) atoms. The minimum atomic E-state index is -5.83. The largest absolute Gasteiger partial charge is 0.490 e. The molecule has 1 aliphatic heterocycles. The lowest BCUT2D eigenvalue weighted by Gasteiger charge is -2.19. The molecular weight excluding hydrogens is 765 g/mol. The molecule has 1 saturated heterocycles. The van der Waals surface area contributed by atoms with E-state index in [-0.39, 0.29) is 37.4 Å². The van der Waals surface area contributed by atoms with Gasteiger partial charge < -0.3 is 50.5 Å². The Hall–Kier alpha value is -4.02. The summed E-state index contributed by atoms with van der Waals surface area (Å²) >= 11 is 0. The Labute approximate surface area is 291 Å². The standard InChI is InChI=1S/C24H33N8O17P3/c25-31-30-16-5-3-15(4-6-16)26-10-11-28-19(34)8-7-18(33)27-9-1-2-14-12-32(24(38)29-22(14)37)23-21(36)20(35)17(47-23)13-46-51(42,43)49-52(44,45)48-50(39,40)41/h1-6,12,17,20-21,23,26,35-36H,7-11,13H2,(H,27,33)(H,28,34)(H,42,43)(H,44,45)(H,29,37,38)(H2,39,40,41)/b2-1+/t17-,20-,21-,23-/m1/s1. The SMILES string of the molecule is [N-]=[N+]=Nc1ccc(NCCNC(=O)CCC(=O)NC/C=C/c2cn([C@@H]3O[C@H](COP(=O)(O)OP(=O)(O)OP(=O)(O)O)[C@@H](O)[C@H]3O)c(=O)[nH]c2=O)cc1. The van der Waals surface area contributed by atoms with E-state index < -0.39 is 71.8 Å². The lowest BCUT2D eigenvalue weighted by Crippen LogP contribution is -2.38. The van der Waals surface area contributed by atoms with E-state index in [2.05, 4.69) is 39.1 Å². The lowest BCUT2D eigenvalue weighted by atomic mass is 10.1. The van der Waals surface area contributed by atoms with E-state index in [0.717, 1.165) is 11.9 Å². The fraction of sp³-hybridized carbons (Fsp3) is 0.417. The third-order valence-corrected chi connectivity index (χ3v) is 10.3. The molecular formula is C24H33N8O17P3. The number of phosphoric ester groups is 1. The summed E-state index contributed by atoms with van der Waals surface area (Å²) in [6, 6.07) is 6.64. The summed E-state index contributed by atoms with van der Waals surface area (Å²) in [5.41, 5.74) is 7.43. The first-order chi connectivity index (χ1) is 24.3. The zero-order chi connectivity index (χ0) is 38.7. The van der Waals surface area contributed by atoms with Crippen molar-refractivity contribution < 1.29 is 71.0 Å². The number of anilines is 1. The van der Waals surface area contributed by atoms with Gasteiger partial charge in [0, 0.05) is 55.0 Å². The molecule has 6 atom stereocenters. The first-order valence-electron chi connectivity index (χ1n) is 14.5. The number of nitrogens with one attached hydrogen (secondary N) is 4. The van der Waals surface area contributed by atoms with Crippen molar-refractivity contribution in [1.29, 1.82) is 0 Å². The predicted octanol–water partition coefficient (Wildman–Crippen LogP) is -0.421. The van der Waals surface area contributed by atoms with Crippen LogP contribution in [0.2, 0.25) is 0 Å². The highest BCUT2D eigenvalue weighted by molar-refractivity contribution is 7.66. The highest BCUT2D eigenvalue weighted by Gasteiger charge is 2.46. The molecule has 0 aliphatic carbocycles. The number of aliphatic hydroxyl groups is 2. The van der Waals surface area contributed by atoms with Gasteiger partial charge in [-0.05, 0) is 17.7 Å². The number of H-pyrrole nitrogens is 1. The number of hydrogen-bond donors (Lipinski definition) is 10. The van der Waals surface area contributed by atoms with Crippen LogP contribution < -0.4 is 27.2 Å². The van der Waals surface area contributed by atoms with E-state index in [1.54, 1.807) is 24.3 Å². The molecule has 286 valence electrons. The number of carbonyl (C=O) groups excluding carboxylic acids is 2. The molecule has 1 aromatic heterocycles. The van der Waals surface area contributed by atoms with Crippen molar-refractivity contribution in [2.24, 2.45) is 5.11 Å². The molecule has 3 rings (SSSR count). The van der Waals surface area contributed by atoms with Crippen LogP contribution in [0.3, 0.4) is 0 Å². The molecule has 10 N–H and O–H groups in total. The summed E-state index contributed by atoms with van der Waals surface area (Å²) in [5.74, 6) is -0.867. The van der Waals surface area contributed by atoms with Crippen LogP contribution in [-0.4, -0.2) is 95.7 Å². The first-order valence-corrected chi connectivity index (χ1v) is 19.1. The van der Waals surface area contributed by atoms with Crippen LogP contribution in [0.25, 0.3) is 16.5 Å². The molecule has 25 nitrogen and oxygen atoms in total. The topological polar surface area (TPSA) is 383 Å². The van der Waals surface area contributed by atoms with Gasteiger partial charge in [-0.25, -0.2) is 18.5 Å². The highest BCUT2D eigenvalue weighted by Crippen LogP contribution is 2.66. The van der Waals surface area contributed by atoms with E-state index in [0.29, 0.717) is 16.8 Å². The number of phosphoric acid groups is 3. The molecule has 0 bridgehead atoms. The summed E-state index contributed by atoms with van der Waals surface area (Å²) in [7, 11) is -17.1. The molecule has 2 aromatic rings. The van der Waals surface area contributed by atoms with Crippen LogP contribution in [0.1, 0.15) is 24.6 Å². The van der Waals surface area contributed by atoms with Crippen molar-refractivity contribution in [2.75, 3.05) is 31.6 Å². The zero-order valence-corrected chi connectivity index (χ0v) is 29.1. The van der Waals surface area contributed by atoms with Crippen LogP contribution in [0, 0.1) is 0 Å². The van der Waals surface area contributed by atoms with E-state index in [1.807, 2.05) is 4.98 Å². The summed E-state index contributed by atoms with van der Waals surface area (Å²) in [5, 5.41) is 32.5. The smallest absolute Gasteiger partial charge is 0.387 e. The van der Waals surface area contributed by atoms with Gasteiger partial charge >= 0.3 is 29.2 Å². The number of nitrogens with zero attached hydrogens (tertiary/aromatic N) is 4. The number of amides is 2. The minimum Gasteiger partial charge on any atom is -0.387 e. The van der Waals surface area contributed by atoms with Gasteiger partial charge in [0.15, 0.2) is 6.23 Å². The number of ether oxygens (including phenoxy) is 1. The predicted molar refractivity (Wildman–Crippen MR) is 175 cm³/mol. The normalized spacial score (nSPS) is 21.1. The fourth-order valence-electron chi connectivity index (χ4n) is 4.25. The Morgan fingerprint density at radius 2 is 1.63 bits per heavy atom. The summed E-state index contributed by atoms with van der Waals surface area (Å²) in [6.07, 6.45) is -4.06. The van der Waals surface area contributed by atoms with Crippen molar-refractivity contribution in [1.82, 2.24) is 20.2 Å². The number of benzene rings is 1. The number of carbonyl (C=O) groups is 2.